The Morgan fingerprint density at radius 2 is 1.50 bits per heavy atom. The molecule has 2 aliphatic heterocycles. The molecule has 2 amide bonds. The Hall–Kier alpha value is -3.93. The first-order valence-electron chi connectivity index (χ1n) is 10.8. The van der Waals surface area contributed by atoms with Gasteiger partial charge in [-0.25, -0.2) is 0 Å². The monoisotopic (exact) mass is 423 g/mol. The van der Waals surface area contributed by atoms with Crippen molar-refractivity contribution >= 4 is 39.3 Å². The molecule has 0 bridgehead atoms. The van der Waals surface area contributed by atoms with Gasteiger partial charge in [-0.15, -0.1) is 0 Å². The van der Waals surface area contributed by atoms with Crippen LogP contribution in [0.5, 0.6) is 0 Å². The molecule has 4 aromatic rings. The summed E-state index contributed by atoms with van der Waals surface area (Å²) in [6, 6.07) is 22.5. The van der Waals surface area contributed by atoms with Gasteiger partial charge in [-0.05, 0) is 42.3 Å². The molecule has 3 heterocycles. The molecular weight excluding hydrogens is 402 g/mol. The highest BCUT2D eigenvalue weighted by Gasteiger charge is 2.51. The standard InChI is InChI=1S/C26H21N3O3/c30-23(28-14-13-26(16-28)19-9-3-4-10-20(19)27-25(26)32)15-29-21-11-5-1-7-17(21)24(31)18-8-2-6-12-22(18)29/h1-12H,13-16H2,(H,27,32). The Morgan fingerprint density at radius 1 is 0.875 bits per heavy atom. The van der Waals surface area contributed by atoms with E-state index in [1.165, 1.54) is 0 Å². The van der Waals surface area contributed by atoms with E-state index in [1.807, 2.05) is 65.2 Å². The van der Waals surface area contributed by atoms with E-state index >= 15 is 0 Å². The van der Waals surface area contributed by atoms with Gasteiger partial charge in [0.05, 0.1) is 16.4 Å². The molecule has 158 valence electrons. The summed E-state index contributed by atoms with van der Waals surface area (Å²) in [7, 11) is 0. The van der Waals surface area contributed by atoms with Crippen LogP contribution in [0.15, 0.2) is 77.6 Å². The van der Waals surface area contributed by atoms with Crippen LogP contribution in [0.2, 0.25) is 0 Å². The van der Waals surface area contributed by atoms with Crippen LogP contribution in [0, 0.1) is 0 Å². The fraction of sp³-hybridized carbons (Fsp3) is 0.192. The van der Waals surface area contributed by atoms with Gasteiger partial charge in [0.1, 0.15) is 6.54 Å². The Morgan fingerprint density at radius 3 is 2.22 bits per heavy atom. The van der Waals surface area contributed by atoms with Crippen molar-refractivity contribution in [1.29, 1.82) is 0 Å². The molecule has 2 aliphatic rings. The number of rotatable bonds is 2. The predicted molar refractivity (Wildman–Crippen MR) is 124 cm³/mol. The minimum absolute atomic E-state index is 0.0285. The summed E-state index contributed by atoms with van der Waals surface area (Å²) in [6.45, 7) is 1.00. The molecule has 6 heteroatoms. The normalized spacial score (nSPS) is 19.6. The number of anilines is 1. The fourth-order valence-electron chi connectivity index (χ4n) is 5.28. The third-order valence-corrected chi connectivity index (χ3v) is 6.92. The van der Waals surface area contributed by atoms with Crippen LogP contribution in [-0.2, 0) is 21.5 Å². The number of amides is 2. The van der Waals surface area contributed by atoms with Crippen LogP contribution in [0.25, 0.3) is 21.8 Å². The average Bonchev–Trinajstić information content (AvgIpc) is 3.39. The molecule has 1 atom stereocenters. The van der Waals surface area contributed by atoms with Crippen LogP contribution >= 0.6 is 0 Å². The van der Waals surface area contributed by atoms with Crippen molar-refractivity contribution in [2.45, 2.75) is 18.4 Å². The highest BCUT2D eigenvalue weighted by Crippen LogP contribution is 2.44. The van der Waals surface area contributed by atoms with Gasteiger partial charge < -0.3 is 14.8 Å². The summed E-state index contributed by atoms with van der Waals surface area (Å²) in [4.78, 5) is 41.1. The minimum atomic E-state index is -0.681. The van der Waals surface area contributed by atoms with Crippen LogP contribution < -0.4 is 10.7 Å². The molecule has 32 heavy (non-hydrogen) atoms. The maximum Gasteiger partial charge on any atom is 0.242 e. The molecule has 3 aromatic carbocycles. The maximum atomic E-state index is 13.4. The maximum absolute atomic E-state index is 13.4. The number of para-hydroxylation sites is 3. The van der Waals surface area contributed by atoms with Crippen molar-refractivity contribution in [2.75, 3.05) is 18.4 Å². The van der Waals surface area contributed by atoms with Gasteiger partial charge in [-0.3, -0.25) is 14.4 Å². The topological polar surface area (TPSA) is 71.4 Å². The van der Waals surface area contributed by atoms with Crippen LogP contribution in [0.3, 0.4) is 0 Å². The number of carbonyl (C=O) groups is 2. The van der Waals surface area contributed by atoms with Crippen molar-refractivity contribution in [2.24, 2.45) is 0 Å². The van der Waals surface area contributed by atoms with Crippen LogP contribution in [0.4, 0.5) is 5.69 Å². The Balaban J connectivity index is 1.38. The third-order valence-electron chi connectivity index (χ3n) is 6.92. The van der Waals surface area contributed by atoms with E-state index in [0.717, 1.165) is 22.3 Å². The molecule has 0 aliphatic carbocycles. The molecule has 1 fully saturated rings. The van der Waals surface area contributed by atoms with Gasteiger partial charge in [0.2, 0.25) is 11.8 Å². The Labute approximate surface area is 184 Å². The quantitative estimate of drug-likeness (QED) is 0.503. The summed E-state index contributed by atoms with van der Waals surface area (Å²) in [5, 5.41) is 4.17. The molecular formula is C26H21N3O3. The molecule has 0 radical (unpaired) electrons. The van der Waals surface area contributed by atoms with Crippen LogP contribution in [0.1, 0.15) is 12.0 Å². The summed E-state index contributed by atoms with van der Waals surface area (Å²) in [5.41, 5.74) is 2.58. The number of nitrogens with zero attached hydrogens (tertiary/aromatic N) is 2. The van der Waals surface area contributed by atoms with Gasteiger partial charge in [-0.1, -0.05) is 42.5 Å². The number of aromatic nitrogens is 1. The van der Waals surface area contributed by atoms with E-state index in [4.69, 9.17) is 0 Å². The number of nitrogens with one attached hydrogen (secondary N) is 1. The molecule has 1 saturated heterocycles. The van der Waals surface area contributed by atoms with Crippen LogP contribution in [-0.4, -0.2) is 34.4 Å². The molecule has 6 nitrogen and oxygen atoms in total. The van der Waals surface area contributed by atoms with Crippen molar-refractivity contribution in [3.63, 3.8) is 0 Å². The van der Waals surface area contributed by atoms with Gasteiger partial charge in [0, 0.05) is 29.5 Å². The first kappa shape index (κ1) is 18.8. The molecule has 6 rings (SSSR count). The highest BCUT2D eigenvalue weighted by molar-refractivity contribution is 6.07. The fourth-order valence-corrected chi connectivity index (χ4v) is 5.28. The number of benzene rings is 3. The molecule has 1 N–H and O–H groups in total. The van der Waals surface area contributed by atoms with E-state index in [1.54, 1.807) is 17.0 Å². The Bertz CT molecular complexity index is 1430. The lowest BCUT2D eigenvalue weighted by Gasteiger charge is -2.23. The first-order chi connectivity index (χ1) is 15.6. The lowest BCUT2D eigenvalue weighted by atomic mass is 9.81. The zero-order valence-electron chi connectivity index (χ0n) is 17.4. The molecule has 1 spiro atoms. The largest absolute Gasteiger partial charge is 0.340 e. The van der Waals surface area contributed by atoms with Gasteiger partial charge in [0.25, 0.3) is 0 Å². The summed E-state index contributed by atoms with van der Waals surface area (Å²) in [5.74, 6) is -0.0914. The second kappa shape index (κ2) is 6.79. The zero-order chi connectivity index (χ0) is 21.9. The number of likely N-dealkylation sites (tertiary alicyclic amines) is 1. The average molecular weight is 423 g/mol. The number of fused-ring (bicyclic) bond motifs is 4. The van der Waals surface area contributed by atoms with E-state index < -0.39 is 5.41 Å². The SMILES string of the molecule is O=C(Cn1c2ccccc2c(=O)c2ccccc21)N1CCC2(C1)C(=O)Nc1ccccc12. The van der Waals surface area contributed by atoms with Crippen molar-refractivity contribution in [3.8, 4) is 0 Å². The summed E-state index contributed by atoms with van der Waals surface area (Å²) >= 11 is 0. The number of hydrogen-bond acceptors (Lipinski definition) is 3. The molecule has 0 saturated carbocycles. The lowest BCUT2D eigenvalue weighted by molar-refractivity contribution is -0.131. The number of pyridine rings is 1. The summed E-state index contributed by atoms with van der Waals surface area (Å²) in [6.07, 6.45) is 0.604. The van der Waals surface area contributed by atoms with Crippen molar-refractivity contribution in [3.05, 3.63) is 88.6 Å². The van der Waals surface area contributed by atoms with Crippen molar-refractivity contribution in [1.82, 2.24) is 9.47 Å². The van der Waals surface area contributed by atoms with E-state index in [0.29, 0.717) is 30.3 Å². The second-order valence-corrected chi connectivity index (χ2v) is 8.60. The number of hydrogen-bond donors (Lipinski definition) is 1. The second-order valence-electron chi connectivity index (χ2n) is 8.60. The van der Waals surface area contributed by atoms with Gasteiger partial charge in [0.15, 0.2) is 5.43 Å². The smallest absolute Gasteiger partial charge is 0.242 e. The highest BCUT2D eigenvalue weighted by atomic mass is 16.2. The van der Waals surface area contributed by atoms with Gasteiger partial charge >= 0.3 is 0 Å². The Kier molecular flexibility index (Phi) is 3.99. The summed E-state index contributed by atoms with van der Waals surface area (Å²) < 4.78 is 1.92. The zero-order valence-corrected chi connectivity index (χ0v) is 17.4. The number of carbonyl (C=O) groups excluding carboxylic acids is 2. The lowest BCUT2D eigenvalue weighted by Crippen LogP contribution is -2.40. The third kappa shape index (κ3) is 2.56. The minimum Gasteiger partial charge on any atom is -0.340 e. The first-order valence-corrected chi connectivity index (χ1v) is 10.8. The van der Waals surface area contributed by atoms with Gasteiger partial charge in [-0.2, -0.15) is 0 Å². The van der Waals surface area contributed by atoms with E-state index in [9.17, 15) is 14.4 Å². The predicted octanol–water partition coefficient (Wildman–Crippen LogP) is 3.28. The molecule has 1 unspecified atom stereocenters. The molecule has 1 aromatic heterocycles. The van der Waals surface area contributed by atoms with Crippen molar-refractivity contribution < 1.29 is 9.59 Å². The van der Waals surface area contributed by atoms with E-state index in [2.05, 4.69) is 5.32 Å². The van der Waals surface area contributed by atoms with E-state index in [-0.39, 0.29) is 23.8 Å².